The third-order valence-corrected chi connectivity index (χ3v) is 4.56. The minimum Gasteiger partial charge on any atom is -0.480 e. The van der Waals surface area contributed by atoms with Crippen molar-refractivity contribution >= 4 is 25.5 Å². The molecule has 2 fully saturated rings. The molecule has 1 saturated carbocycles. The van der Waals surface area contributed by atoms with E-state index in [9.17, 15) is 9.90 Å². The highest BCUT2D eigenvalue weighted by molar-refractivity contribution is 6.40. The third-order valence-electron chi connectivity index (χ3n) is 4.56. The van der Waals surface area contributed by atoms with E-state index in [2.05, 4.69) is 5.32 Å². The lowest BCUT2D eigenvalue weighted by Gasteiger charge is -2.31. The number of aliphatic carboxylic acids is 1. The number of hydrogen-bond donors (Lipinski definition) is 5. The van der Waals surface area contributed by atoms with Gasteiger partial charge in [-0.3, -0.25) is 4.79 Å². The van der Waals surface area contributed by atoms with E-state index in [1.54, 1.807) is 0 Å². The molecule has 0 spiro atoms. The maximum Gasteiger partial charge on any atom is 0.451 e. The molecule has 0 bridgehead atoms. The molecular formula is C11H22BClN2O4. The van der Waals surface area contributed by atoms with Crippen LogP contribution >= 0.6 is 12.4 Å². The van der Waals surface area contributed by atoms with E-state index in [4.69, 9.17) is 15.8 Å². The van der Waals surface area contributed by atoms with Crippen LogP contribution < -0.4 is 11.1 Å². The topological polar surface area (TPSA) is 116 Å². The molecule has 2 unspecified atom stereocenters. The zero-order valence-corrected chi connectivity index (χ0v) is 11.6. The molecule has 6 N–H and O–H groups in total. The number of nitrogens with two attached hydrogens (primary N) is 1. The molecule has 110 valence electrons. The van der Waals surface area contributed by atoms with Crippen molar-refractivity contribution in [1.82, 2.24) is 5.32 Å². The quantitative estimate of drug-likeness (QED) is 0.434. The molecule has 0 aromatic carbocycles. The molecule has 1 heterocycles. The van der Waals surface area contributed by atoms with Crippen LogP contribution in [-0.4, -0.2) is 46.4 Å². The van der Waals surface area contributed by atoms with E-state index in [0.717, 1.165) is 19.4 Å². The number of nitrogens with one attached hydrogen (secondary N) is 1. The Bertz CT molecular complexity index is 334. The van der Waals surface area contributed by atoms with Crippen LogP contribution in [0.3, 0.4) is 0 Å². The Morgan fingerprint density at radius 1 is 1.47 bits per heavy atom. The average Bonchev–Trinajstić information content (AvgIpc) is 2.82. The molecule has 0 amide bonds. The summed E-state index contributed by atoms with van der Waals surface area (Å²) in [6, 6.07) is 0.204. The van der Waals surface area contributed by atoms with Gasteiger partial charge < -0.3 is 26.2 Å². The zero-order chi connectivity index (χ0) is 13.3. The van der Waals surface area contributed by atoms with Gasteiger partial charge in [0.05, 0.1) is 0 Å². The predicted octanol–water partition coefficient (Wildman–Crippen LogP) is -0.559. The van der Waals surface area contributed by atoms with Gasteiger partial charge in [-0.25, -0.2) is 0 Å². The fourth-order valence-corrected chi connectivity index (χ4v) is 3.63. The molecule has 8 heteroatoms. The van der Waals surface area contributed by atoms with Crippen LogP contribution in [0.5, 0.6) is 0 Å². The number of fused-ring (bicyclic) bond motifs is 1. The van der Waals surface area contributed by atoms with Crippen LogP contribution in [0, 0.1) is 11.8 Å². The van der Waals surface area contributed by atoms with Gasteiger partial charge in [0, 0.05) is 12.0 Å². The first-order valence-electron chi connectivity index (χ1n) is 6.58. The summed E-state index contributed by atoms with van der Waals surface area (Å²) < 4.78 is 0. The maximum atomic E-state index is 11.5. The van der Waals surface area contributed by atoms with Gasteiger partial charge in [0.1, 0.15) is 5.54 Å². The summed E-state index contributed by atoms with van der Waals surface area (Å²) in [5, 5.41) is 30.4. The van der Waals surface area contributed by atoms with Crippen molar-refractivity contribution in [3.05, 3.63) is 0 Å². The van der Waals surface area contributed by atoms with E-state index in [1.165, 1.54) is 0 Å². The van der Waals surface area contributed by atoms with Crippen molar-refractivity contribution in [2.75, 3.05) is 6.54 Å². The number of hydrogen-bond acceptors (Lipinski definition) is 5. The molecule has 2 aliphatic rings. The third kappa shape index (κ3) is 3.06. The summed E-state index contributed by atoms with van der Waals surface area (Å²) in [4.78, 5) is 11.5. The molecule has 19 heavy (non-hydrogen) atoms. The van der Waals surface area contributed by atoms with Crippen molar-refractivity contribution in [3.8, 4) is 0 Å². The van der Waals surface area contributed by atoms with Gasteiger partial charge in [-0.2, -0.15) is 0 Å². The van der Waals surface area contributed by atoms with Crippen molar-refractivity contribution in [2.45, 2.75) is 43.6 Å². The Kier molecular flexibility index (Phi) is 5.64. The molecule has 0 aromatic heterocycles. The maximum absolute atomic E-state index is 11.5. The Balaban J connectivity index is 0.00000180. The van der Waals surface area contributed by atoms with Crippen molar-refractivity contribution in [1.29, 1.82) is 0 Å². The largest absolute Gasteiger partial charge is 0.480 e. The van der Waals surface area contributed by atoms with E-state index in [1.807, 2.05) is 0 Å². The van der Waals surface area contributed by atoms with Gasteiger partial charge in [0.25, 0.3) is 0 Å². The van der Waals surface area contributed by atoms with Gasteiger partial charge in [-0.1, -0.05) is 6.42 Å². The van der Waals surface area contributed by atoms with Crippen LogP contribution in [0.2, 0.25) is 6.32 Å². The van der Waals surface area contributed by atoms with Crippen LogP contribution in [0.4, 0.5) is 0 Å². The number of carboxylic acid groups (broad SMARTS) is 1. The highest BCUT2D eigenvalue weighted by atomic mass is 35.5. The summed E-state index contributed by atoms with van der Waals surface area (Å²) in [5.41, 5.74) is 5.03. The van der Waals surface area contributed by atoms with Crippen LogP contribution in [-0.2, 0) is 4.79 Å². The van der Waals surface area contributed by atoms with Crippen LogP contribution in [0.1, 0.15) is 25.7 Å². The van der Waals surface area contributed by atoms with E-state index in [0.29, 0.717) is 12.8 Å². The second-order valence-electron chi connectivity index (χ2n) is 5.54. The number of halogens is 1. The molecule has 2 rings (SSSR count). The first-order chi connectivity index (χ1) is 8.46. The predicted molar refractivity (Wildman–Crippen MR) is 74.0 cm³/mol. The summed E-state index contributed by atoms with van der Waals surface area (Å²) in [6.45, 7) is 0.837. The first-order valence-corrected chi connectivity index (χ1v) is 6.58. The number of carboxylic acids is 1. The lowest BCUT2D eigenvalue weighted by molar-refractivity contribution is -0.146. The summed E-state index contributed by atoms with van der Waals surface area (Å²) in [6.07, 6.45) is 3.08. The smallest absolute Gasteiger partial charge is 0.451 e. The van der Waals surface area contributed by atoms with Gasteiger partial charge in [0.2, 0.25) is 0 Å². The summed E-state index contributed by atoms with van der Waals surface area (Å²) in [5.74, 6) is -1.01. The lowest BCUT2D eigenvalue weighted by atomic mass is 9.75. The number of carbonyl (C=O) groups is 1. The van der Waals surface area contributed by atoms with Crippen molar-refractivity contribution in [2.24, 2.45) is 17.6 Å². The highest BCUT2D eigenvalue weighted by Gasteiger charge is 2.58. The fraction of sp³-hybridized carbons (Fsp3) is 0.909. The van der Waals surface area contributed by atoms with E-state index in [-0.39, 0.29) is 36.6 Å². The Labute approximate surface area is 119 Å². The van der Waals surface area contributed by atoms with Gasteiger partial charge in [-0.15, -0.1) is 12.4 Å². The fourth-order valence-electron chi connectivity index (χ4n) is 3.63. The molecular weight excluding hydrogens is 270 g/mol. The monoisotopic (exact) mass is 292 g/mol. The van der Waals surface area contributed by atoms with Crippen LogP contribution in [0.15, 0.2) is 0 Å². The lowest BCUT2D eigenvalue weighted by Crippen LogP contribution is -2.56. The molecule has 6 nitrogen and oxygen atoms in total. The summed E-state index contributed by atoms with van der Waals surface area (Å²) in [7, 11) is -1.32. The van der Waals surface area contributed by atoms with E-state index < -0.39 is 18.6 Å². The average molecular weight is 293 g/mol. The Morgan fingerprint density at radius 3 is 2.74 bits per heavy atom. The molecule has 1 aliphatic heterocycles. The van der Waals surface area contributed by atoms with Gasteiger partial charge in [-0.05, 0) is 38.0 Å². The molecule has 1 saturated heterocycles. The number of rotatable bonds is 5. The molecule has 4 atom stereocenters. The van der Waals surface area contributed by atoms with Crippen molar-refractivity contribution in [3.63, 3.8) is 0 Å². The van der Waals surface area contributed by atoms with E-state index >= 15 is 0 Å². The SMILES string of the molecule is Cl.NC1(C(=O)O)C(CCCB(O)O)C[C@H]2NCC[C@H]21. The normalized spacial score (nSPS) is 36.7. The Hall–Kier alpha value is -0.335. The Morgan fingerprint density at radius 2 is 2.16 bits per heavy atom. The second-order valence-corrected chi connectivity index (χ2v) is 5.54. The molecule has 1 aliphatic carbocycles. The summed E-state index contributed by atoms with van der Waals surface area (Å²) >= 11 is 0. The van der Waals surface area contributed by atoms with Gasteiger partial charge >= 0.3 is 13.1 Å². The first kappa shape index (κ1) is 16.7. The standard InChI is InChI=1S/C11H21BN2O4.ClH/c13-11(10(15)16)7(2-1-4-12(17)18)6-9-8(11)3-5-14-9;/h7-9,14,17-18H,1-6,13H2,(H,15,16);1H/t7?,8-,9-,11?;/m1./s1. The van der Waals surface area contributed by atoms with Gasteiger partial charge in [0.15, 0.2) is 0 Å². The molecule has 0 aromatic rings. The van der Waals surface area contributed by atoms with Crippen molar-refractivity contribution < 1.29 is 19.9 Å². The molecule has 0 radical (unpaired) electrons. The minimum absolute atomic E-state index is 0. The zero-order valence-electron chi connectivity index (χ0n) is 10.8. The van der Waals surface area contributed by atoms with Crippen LogP contribution in [0.25, 0.3) is 0 Å². The minimum atomic E-state index is -1.32. The second kappa shape index (κ2) is 6.41. The highest BCUT2D eigenvalue weighted by Crippen LogP contribution is 2.45.